The van der Waals surface area contributed by atoms with E-state index in [9.17, 15) is 8.42 Å². The maximum Gasteiger partial charge on any atom is 0.215 e. The van der Waals surface area contributed by atoms with Crippen molar-refractivity contribution in [1.29, 1.82) is 5.26 Å². The summed E-state index contributed by atoms with van der Waals surface area (Å²) in [7, 11) is -0.233. The number of anilines is 2. The van der Waals surface area contributed by atoms with E-state index in [1.807, 2.05) is 6.07 Å². The highest BCUT2D eigenvalue weighted by Gasteiger charge is 2.12. The second kappa shape index (κ2) is 5.71. The predicted octanol–water partition coefficient (Wildman–Crippen LogP) is 0.444. The molecule has 0 aliphatic carbocycles. The summed E-state index contributed by atoms with van der Waals surface area (Å²) in [6.45, 7) is 0.261. The normalized spacial score (nSPS) is 11.2. The molecule has 98 valence electrons. The van der Waals surface area contributed by atoms with Crippen molar-refractivity contribution in [2.45, 2.75) is 0 Å². The van der Waals surface area contributed by atoms with E-state index >= 15 is 0 Å². The van der Waals surface area contributed by atoms with Crippen molar-refractivity contribution in [3.63, 3.8) is 0 Å². The average molecular weight is 268 g/mol. The number of nitrogens with one attached hydrogen (secondary N) is 1. The van der Waals surface area contributed by atoms with E-state index in [1.54, 1.807) is 18.2 Å². The number of nitrogen functional groups attached to an aromatic ring is 1. The van der Waals surface area contributed by atoms with Crippen molar-refractivity contribution in [3.8, 4) is 6.07 Å². The van der Waals surface area contributed by atoms with Crippen LogP contribution >= 0.6 is 0 Å². The van der Waals surface area contributed by atoms with Gasteiger partial charge in [-0.2, -0.15) is 5.26 Å². The van der Waals surface area contributed by atoms with Crippen LogP contribution in [0.3, 0.4) is 0 Å². The van der Waals surface area contributed by atoms with Gasteiger partial charge in [-0.25, -0.2) is 12.7 Å². The third kappa shape index (κ3) is 3.61. The zero-order chi connectivity index (χ0) is 13.8. The standard InChI is InChI=1S/C11H16N4O2S/c1-15(2)18(16,17)6-5-14-11-4-3-9(8-12)7-10(11)13/h3-4,7,14H,5-6,13H2,1-2H3. The fourth-order valence-electron chi connectivity index (χ4n) is 1.29. The van der Waals surface area contributed by atoms with Gasteiger partial charge in [0.15, 0.2) is 0 Å². The third-order valence-corrected chi connectivity index (χ3v) is 4.25. The van der Waals surface area contributed by atoms with Gasteiger partial charge in [-0.05, 0) is 18.2 Å². The van der Waals surface area contributed by atoms with Crippen molar-refractivity contribution >= 4 is 21.4 Å². The first-order chi connectivity index (χ1) is 8.36. The Bertz CT molecular complexity index is 561. The van der Waals surface area contributed by atoms with Gasteiger partial charge in [0.25, 0.3) is 0 Å². The molecule has 0 unspecified atom stereocenters. The van der Waals surface area contributed by atoms with E-state index in [-0.39, 0.29) is 12.3 Å². The molecular formula is C11H16N4O2S. The number of rotatable bonds is 5. The van der Waals surface area contributed by atoms with Crippen LogP contribution in [0.2, 0.25) is 0 Å². The number of nitriles is 1. The molecule has 1 aromatic carbocycles. The van der Waals surface area contributed by atoms with E-state index in [0.717, 1.165) is 0 Å². The third-order valence-electron chi connectivity index (χ3n) is 2.41. The Morgan fingerprint density at radius 3 is 2.61 bits per heavy atom. The SMILES string of the molecule is CN(C)S(=O)(=O)CCNc1ccc(C#N)cc1N. The van der Waals surface area contributed by atoms with Crippen LogP contribution in [0.1, 0.15) is 5.56 Å². The van der Waals surface area contributed by atoms with Crippen molar-refractivity contribution in [2.24, 2.45) is 0 Å². The van der Waals surface area contributed by atoms with Gasteiger partial charge in [-0.15, -0.1) is 0 Å². The molecule has 0 saturated heterocycles. The minimum absolute atomic E-state index is 0.0144. The van der Waals surface area contributed by atoms with Gasteiger partial charge >= 0.3 is 0 Å². The van der Waals surface area contributed by atoms with Crippen molar-refractivity contribution in [3.05, 3.63) is 23.8 Å². The molecule has 1 rings (SSSR count). The average Bonchev–Trinajstić information content (AvgIpc) is 2.30. The van der Waals surface area contributed by atoms with Crippen LogP contribution in [0.15, 0.2) is 18.2 Å². The Hall–Kier alpha value is -1.78. The van der Waals surface area contributed by atoms with E-state index in [4.69, 9.17) is 11.0 Å². The quantitative estimate of drug-likeness (QED) is 0.755. The maximum absolute atomic E-state index is 11.5. The zero-order valence-corrected chi connectivity index (χ0v) is 11.2. The number of nitrogens with zero attached hydrogens (tertiary/aromatic N) is 2. The van der Waals surface area contributed by atoms with Gasteiger partial charge in [0, 0.05) is 20.6 Å². The summed E-state index contributed by atoms with van der Waals surface area (Å²) in [4.78, 5) is 0. The predicted molar refractivity (Wildman–Crippen MR) is 71.5 cm³/mol. The molecule has 18 heavy (non-hydrogen) atoms. The fraction of sp³-hybridized carbons (Fsp3) is 0.364. The Kier molecular flexibility index (Phi) is 4.53. The Labute approximate surface area is 107 Å². The summed E-state index contributed by atoms with van der Waals surface area (Å²) in [5.74, 6) is -0.0144. The number of hydrogen-bond acceptors (Lipinski definition) is 5. The second-order valence-corrected chi connectivity index (χ2v) is 6.24. The molecule has 0 fully saturated rings. The van der Waals surface area contributed by atoms with Crippen LogP contribution in [0.4, 0.5) is 11.4 Å². The molecule has 0 aromatic heterocycles. The molecule has 0 aliphatic rings. The van der Waals surface area contributed by atoms with Gasteiger partial charge < -0.3 is 11.1 Å². The molecule has 0 bridgehead atoms. The highest BCUT2D eigenvalue weighted by Crippen LogP contribution is 2.19. The molecule has 3 N–H and O–H groups in total. The number of hydrogen-bond donors (Lipinski definition) is 2. The summed E-state index contributed by atoms with van der Waals surface area (Å²) in [6, 6.07) is 6.81. The molecule has 0 aliphatic heterocycles. The van der Waals surface area contributed by atoms with Gasteiger partial charge in [0.05, 0.1) is 28.8 Å². The first kappa shape index (κ1) is 14.3. The first-order valence-corrected chi connectivity index (χ1v) is 6.91. The lowest BCUT2D eigenvalue weighted by Crippen LogP contribution is -2.28. The minimum atomic E-state index is -3.22. The van der Waals surface area contributed by atoms with E-state index in [1.165, 1.54) is 18.4 Å². The molecule has 6 nitrogen and oxygen atoms in total. The lowest BCUT2D eigenvalue weighted by molar-refractivity contribution is 0.521. The van der Waals surface area contributed by atoms with Gasteiger partial charge in [-0.1, -0.05) is 0 Å². The summed E-state index contributed by atoms with van der Waals surface area (Å²) >= 11 is 0. The van der Waals surface area contributed by atoms with E-state index in [0.29, 0.717) is 16.9 Å². The van der Waals surface area contributed by atoms with Crippen molar-refractivity contribution in [1.82, 2.24) is 4.31 Å². The maximum atomic E-state index is 11.5. The van der Waals surface area contributed by atoms with Gasteiger partial charge in [0.1, 0.15) is 0 Å². The van der Waals surface area contributed by atoms with Crippen LogP contribution in [0.25, 0.3) is 0 Å². The van der Waals surface area contributed by atoms with Crippen molar-refractivity contribution in [2.75, 3.05) is 37.4 Å². The molecule has 0 radical (unpaired) electrons. The van der Waals surface area contributed by atoms with Crippen LogP contribution in [-0.4, -0.2) is 39.1 Å². The summed E-state index contributed by atoms with van der Waals surface area (Å²) < 4.78 is 24.2. The van der Waals surface area contributed by atoms with Crippen LogP contribution in [-0.2, 0) is 10.0 Å². The number of benzene rings is 1. The number of nitrogens with two attached hydrogens (primary N) is 1. The topological polar surface area (TPSA) is 99.2 Å². The van der Waals surface area contributed by atoms with Crippen LogP contribution in [0, 0.1) is 11.3 Å². The van der Waals surface area contributed by atoms with Crippen LogP contribution < -0.4 is 11.1 Å². The summed E-state index contributed by atoms with van der Waals surface area (Å²) in [5, 5.41) is 11.6. The van der Waals surface area contributed by atoms with Gasteiger partial charge in [0.2, 0.25) is 10.0 Å². The van der Waals surface area contributed by atoms with Gasteiger partial charge in [-0.3, -0.25) is 0 Å². The number of sulfonamides is 1. The summed E-state index contributed by atoms with van der Waals surface area (Å²) in [5.41, 5.74) is 7.26. The lowest BCUT2D eigenvalue weighted by atomic mass is 10.2. The zero-order valence-electron chi connectivity index (χ0n) is 10.3. The smallest absolute Gasteiger partial charge is 0.215 e. The highest BCUT2D eigenvalue weighted by molar-refractivity contribution is 7.89. The summed E-state index contributed by atoms with van der Waals surface area (Å²) in [6.07, 6.45) is 0. The highest BCUT2D eigenvalue weighted by atomic mass is 32.2. The van der Waals surface area contributed by atoms with E-state index in [2.05, 4.69) is 5.32 Å². The van der Waals surface area contributed by atoms with Crippen molar-refractivity contribution < 1.29 is 8.42 Å². The molecule has 0 spiro atoms. The largest absolute Gasteiger partial charge is 0.397 e. The Morgan fingerprint density at radius 2 is 2.11 bits per heavy atom. The molecule has 0 atom stereocenters. The Morgan fingerprint density at radius 1 is 1.44 bits per heavy atom. The first-order valence-electron chi connectivity index (χ1n) is 5.30. The lowest BCUT2D eigenvalue weighted by Gasteiger charge is -2.13. The fourth-order valence-corrected chi connectivity index (χ4v) is 2.02. The minimum Gasteiger partial charge on any atom is -0.397 e. The monoisotopic (exact) mass is 268 g/mol. The molecule has 0 amide bonds. The molecule has 0 heterocycles. The second-order valence-electron chi connectivity index (χ2n) is 3.94. The van der Waals surface area contributed by atoms with E-state index < -0.39 is 10.0 Å². The molecule has 7 heteroatoms. The Balaban J connectivity index is 2.63. The molecular weight excluding hydrogens is 252 g/mol. The molecule has 0 saturated carbocycles. The van der Waals surface area contributed by atoms with Crippen LogP contribution in [0.5, 0.6) is 0 Å². The molecule has 1 aromatic rings.